The number of nitrogens with one attached hydrogen (secondary N) is 2. The van der Waals surface area contributed by atoms with Gasteiger partial charge in [-0.05, 0) is 18.8 Å². The molecular weight excluding hydrogens is 268 g/mol. The first kappa shape index (κ1) is 16.0. The van der Waals surface area contributed by atoms with Crippen LogP contribution in [0.3, 0.4) is 0 Å². The van der Waals surface area contributed by atoms with Crippen LogP contribution >= 0.6 is 0 Å². The summed E-state index contributed by atoms with van der Waals surface area (Å²) < 4.78 is 0. The van der Waals surface area contributed by atoms with Gasteiger partial charge in [0.1, 0.15) is 6.54 Å². The molecule has 2 fully saturated rings. The largest absolute Gasteiger partial charge is 0.332 e. The molecule has 1 heterocycles. The van der Waals surface area contributed by atoms with E-state index in [1.54, 1.807) is 4.90 Å². The smallest absolute Gasteiger partial charge is 0.103 e. The Kier molecular flexibility index (Phi) is 5.54. The molecule has 1 aliphatic heterocycles. The summed E-state index contributed by atoms with van der Waals surface area (Å²) in [5, 5.41) is 0. The molecule has 3 rings (SSSR count). The molecule has 1 unspecified atom stereocenters. The van der Waals surface area contributed by atoms with E-state index in [0.29, 0.717) is 0 Å². The Bertz CT molecular complexity index is 436. The van der Waals surface area contributed by atoms with Crippen molar-refractivity contribution in [2.75, 3.05) is 20.1 Å². The molecule has 2 aliphatic rings. The van der Waals surface area contributed by atoms with Gasteiger partial charge in [-0.15, -0.1) is 0 Å². The van der Waals surface area contributed by atoms with Crippen molar-refractivity contribution >= 4 is 0 Å². The maximum Gasteiger partial charge on any atom is 0.103 e. The molecule has 0 amide bonds. The van der Waals surface area contributed by atoms with E-state index in [0.717, 1.165) is 18.0 Å². The summed E-state index contributed by atoms with van der Waals surface area (Å²) >= 11 is 0. The van der Waals surface area contributed by atoms with Gasteiger partial charge in [0.25, 0.3) is 0 Å². The molecule has 0 radical (unpaired) electrons. The zero-order valence-corrected chi connectivity index (χ0v) is 14.5. The molecule has 1 aromatic rings. The monoisotopic (exact) mass is 302 g/mol. The van der Waals surface area contributed by atoms with Gasteiger partial charge in [0.2, 0.25) is 0 Å². The molecule has 2 N–H and O–H groups in total. The maximum absolute atomic E-state index is 2.45. The summed E-state index contributed by atoms with van der Waals surface area (Å²) in [7, 11) is 2.39. The van der Waals surface area contributed by atoms with E-state index in [9.17, 15) is 0 Å². The highest BCUT2D eigenvalue weighted by molar-refractivity contribution is 5.13. The predicted octanol–water partition coefficient (Wildman–Crippen LogP) is 1.33. The SMILES string of the molecule is C[C@@H]1CCC[C@H]([NH+]2CCC([NH+](C)Cc3ccccc3)CC2)C1. The molecule has 0 spiro atoms. The number of hydrogen-bond donors (Lipinski definition) is 2. The second-order valence-electron chi connectivity index (χ2n) is 7.91. The average Bonchev–Trinajstić information content (AvgIpc) is 2.56. The summed E-state index contributed by atoms with van der Waals surface area (Å²) in [4.78, 5) is 3.64. The van der Waals surface area contributed by atoms with Crippen LogP contribution in [0.4, 0.5) is 0 Å². The van der Waals surface area contributed by atoms with Gasteiger partial charge >= 0.3 is 0 Å². The van der Waals surface area contributed by atoms with Gasteiger partial charge < -0.3 is 9.80 Å². The fraction of sp³-hybridized carbons (Fsp3) is 0.700. The van der Waals surface area contributed by atoms with Gasteiger partial charge in [-0.25, -0.2) is 0 Å². The van der Waals surface area contributed by atoms with Gasteiger partial charge in [-0.2, -0.15) is 0 Å². The van der Waals surface area contributed by atoms with Crippen LogP contribution < -0.4 is 9.80 Å². The van der Waals surface area contributed by atoms with Crippen molar-refractivity contribution < 1.29 is 9.80 Å². The first-order chi connectivity index (χ1) is 10.7. The molecular formula is C20H34N2+2. The molecule has 3 atom stereocenters. The minimum absolute atomic E-state index is 0.866. The highest BCUT2D eigenvalue weighted by Gasteiger charge is 2.33. The molecule has 122 valence electrons. The summed E-state index contributed by atoms with van der Waals surface area (Å²) in [5.41, 5.74) is 1.48. The van der Waals surface area contributed by atoms with Crippen LogP contribution in [0.5, 0.6) is 0 Å². The third-order valence-electron chi connectivity index (χ3n) is 6.16. The van der Waals surface area contributed by atoms with E-state index in [1.807, 2.05) is 4.90 Å². The Morgan fingerprint density at radius 1 is 1.05 bits per heavy atom. The van der Waals surface area contributed by atoms with Gasteiger partial charge in [0.15, 0.2) is 0 Å². The molecule has 22 heavy (non-hydrogen) atoms. The highest BCUT2D eigenvalue weighted by atomic mass is 15.2. The zero-order chi connectivity index (χ0) is 15.4. The first-order valence-electron chi connectivity index (χ1n) is 9.43. The fourth-order valence-electron chi connectivity index (χ4n) is 4.76. The molecule has 0 bridgehead atoms. The zero-order valence-electron chi connectivity index (χ0n) is 14.5. The van der Waals surface area contributed by atoms with Gasteiger partial charge in [-0.3, -0.25) is 0 Å². The van der Waals surface area contributed by atoms with Crippen molar-refractivity contribution in [3.63, 3.8) is 0 Å². The summed E-state index contributed by atoms with van der Waals surface area (Å²) in [6, 6.07) is 12.8. The lowest BCUT2D eigenvalue weighted by Gasteiger charge is -2.39. The molecule has 2 heteroatoms. The van der Waals surface area contributed by atoms with E-state index in [-0.39, 0.29) is 0 Å². The van der Waals surface area contributed by atoms with Crippen LogP contribution in [0.25, 0.3) is 0 Å². The van der Waals surface area contributed by atoms with E-state index in [4.69, 9.17) is 0 Å². The highest BCUT2D eigenvalue weighted by Crippen LogP contribution is 2.22. The second kappa shape index (κ2) is 7.61. The summed E-state index contributed by atoms with van der Waals surface area (Å²) in [5.74, 6) is 0.968. The van der Waals surface area contributed by atoms with Crippen molar-refractivity contribution in [1.82, 2.24) is 0 Å². The van der Waals surface area contributed by atoms with Crippen molar-refractivity contribution in [2.45, 2.75) is 64.1 Å². The minimum Gasteiger partial charge on any atom is -0.332 e. The van der Waals surface area contributed by atoms with Gasteiger partial charge in [0.05, 0.1) is 32.2 Å². The third-order valence-corrected chi connectivity index (χ3v) is 6.16. The van der Waals surface area contributed by atoms with Gasteiger partial charge in [-0.1, -0.05) is 43.7 Å². The number of quaternary nitrogens is 2. The number of benzene rings is 1. The number of piperidine rings is 1. The van der Waals surface area contributed by atoms with Crippen LogP contribution in [-0.4, -0.2) is 32.2 Å². The Morgan fingerprint density at radius 3 is 2.45 bits per heavy atom. The normalized spacial score (nSPS) is 34.3. The minimum atomic E-state index is 0.866. The summed E-state index contributed by atoms with van der Waals surface area (Å²) in [6.07, 6.45) is 8.73. The van der Waals surface area contributed by atoms with Crippen molar-refractivity contribution in [1.29, 1.82) is 0 Å². The second-order valence-corrected chi connectivity index (χ2v) is 7.91. The topological polar surface area (TPSA) is 8.88 Å². The van der Waals surface area contributed by atoms with Crippen LogP contribution in [0.1, 0.15) is 51.0 Å². The van der Waals surface area contributed by atoms with Crippen LogP contribution in [0.2, 0.25) is 0 Å². The van der Waals surface area contributed by atoms with Crippen LogP contribution in [0.15, 0.2) is 30.3 Å². The summed E-state index contributed by atoms with van der Waals surface area (Å²) in [6.45, 7) is 6.46. The number of likely N-dealkylation sites (tertiary alicyclic amines) is 1. The lowest BCUT2D eigenvalue weighted by Crippen LogP contribution is -3.20. The van der Waals surface area contributed by atoms with E-state index >= 15 is 0 Å². The average molecular weight is 303 g/mol. The van der Waals surface area contributed by atoms with Crippen LogP contribution in [0, 0.1) is 5.92 Å². The first-order valence-corrected chi connectivity index (χ1v) is 9.43. The van der Waals surface area contributed by atoms with Crippen molar-refractivity contribution in [2.24, 2.45) is 5.92 Å². The van der Waals surface area contributed by atoms with E-state index in [1.165, 1.54) is 63.7 Å². The Balaban J connectivity index is 1.47. The molecule has 1 saturated heterocycles. The number of hydrogen-bond acceptors (Lipinski definition) is 0. The van der Waals surface area contributed by atoms with E-state index < -0.39 is 0 Å². The van der Waals surface area contributed by atoms with Crippen molar-refractivity contribution in [3.05, 3.63) is 35.9 Å². The lowest BCUT2D eigenvalue weighted by atomic mass is 9.85. The Labute approximate surface area is 136 Å². The lowest BCUT2D eigenvalue weighted by molar-refractivity contribution is -0.967. The molecule has 1 aliphatic carbocycles. The molecule has 1 saturated carbocycles. The molecule has 2 nitrogen and oxygen atoms in total. The molecule has 1 aromatic carbocycles. The Morgan fingerprint density at radius 2 is 1.77 bits per heavy atom. The third kappa shape index (κ3) is 4.11. The fourth-order valence-corrected chi connectivity index (χ4v) is 4.76. The maximum atomic E-state index is 2.45. The van der Waals surface area contributed by atoms with E-state index in [2.05, 4.69) is 44.3 Å². The van der Waals surface area contributed by atoms with Crippen LogP contribution in [-0.2, 0) is 6.54 Å². The standard InChI is InChI=1S/C20H32N2/c1-17-7-6-10-20(15-17)22-13-11-19(12-14-22)21(2)16-18-8-4-3-5-9-18/h3-5,8-9,17,19-20H,6-7,10-16H2,1-2H3/p+2/t17-,20+/m1/s1. The molecule has 0 aromatic heterocycles. The predicted molar refractivity (Wildman–Crippen MR) is 92.2 cm³/mol. The Hall–Kier alpha value is -0.860. The van der Waals surface area contributed by atoms with Crippen molar-refractivity contribution in [3.8, 4) is 0 Å². The number of rotatable bonds is 4. The quantitative estimate of drug-likeness (QED) is 0.830. The van der Waals surface area contributed by atoms with Gasteiger partial charge in [0, 0.05) is 24.8 Å².